The van der Waals surface area contributed by atoms with Crippen LogP contribution in [0.2, 0.25) is 0 Å². The van der Waals surface area contributed by atoms with Crippen molar-refractivity contribution in [3.63, 3.8) is 0 Å². The summed E-state index contributed by atoms with van der Waals surface area (Å²) in [5.41, 5.74) is 11.5. The molecule has 13 aromatic rings. The molecule has 1 N–H and O–H groups in total. The molecule has 9 atom stereocenters. The zero-order valence-electron chi connectivity index (χ0n) is 113. The Morgan fingerprint density at radius 1 is 0.487 bits per heavy atom. The van der Waals surface area contributed by atoms with E-state index in [0.717, 1.165) is 126 Å². The van der Waals surface area contributed by atoms with Crippen molar-refractivity contribution in [2.75, 3.05) is 0 Å². The van der Waals surface area contributed by atoms with Gasteiger partial charge in [0.15, 0.2) is 23.3 Å². The second-order valence-corrected chi connectivity index (χ2v) is 30.6. The van der Waals surface area contributed by atoms with E-state index in [0.29, 0.717) is 78.1 Å². The minimum absolute atomic E-state index is 0. The minimum Gasteiger partial charge on any atom is -0.523 e. The highest BCUT2D eigenvalue weighted by Crippen LogP contribution is 2.58. The van der Waals surface area contributed by atoms with Crippen LogP contribution < -0.4 is 0 Å². The van der Waals surface area contributed by atoms with Gasteiger partial charge in [-0.3, -0.25) is 15.0 Å². The predicted octanol–water partition coefficient (Wildman–Crippen LogP) is 28.1. The summed E-state index contributed by atoms with van der Waals surface area (Å²) in [5, 5.41) is 17.4. The van der Waals surface area contributed by atoms with E-state index in [4.69, 9.17) is 125 Å². The number of hydrogen-bond acceptors (Lipinski definition) is 13. The molecule has 0 unspecified atom stereocenters. The highest BCUT2D eigenvalue weighted by Gasteiger charge is 2.54. The van der Waals surface area contributed by atoms with Crippen LogP contribution in [0.4, 0.5) is 26.3 Å². The topological polar surface area (TPSA) is 188 Å². The van der Waals surface area contributed by atoms with Gasteiger partial charge in [-0.25, -0.2) is 65.9 Å². The lowest BCUT2D eigenvalue weighted by Crippen LogP contribution is -2.46. The average molecular weight is 1670 g/mol. The number of allylic oxidation sites excluding steroid dienone is 4. The maximum atomic E-state index is 15.2. The Morgan fingerprint density at radius 3 is 1.31 bits per heavy atom. The first-order chi connectivity index (χ1) is 79.6. The van der Waals surface area contributed by atoms with Gasteiger partial charge in [-0.2, -0.15) is 0 Å². The number of carbonyl (C=O) groups excluding carboxylic acids is 1. The third kappa shape index (κ3) is 12.6. The number of Topliss-reactive ketones (excluding diaryl/α,β-unsaturated/α-hetero) is 1. The van der Waals surface area contributed by atoms with Crippen LogP contribution in [0.15, 0.2) is 198 Å². The number of fused-ring (bicyclic) bond motifs is 13. The smallest absolute Gasteiger partial charge is 0.226 e. The molecule has 0 aliphatic heterocycles. The zero-order chi connectivity index (χ0) is 129. The third-order valence-electron chi connectivity index (χ3n) is 24.4. The van der Waals surface area contributed by atoms with Crippen molar-refractivity contribution in [3.8, 4) is 67.9 Å². The van der Waals surface area contributed by atoms with Gasteiger partial charge in [0.2, 0.25) is 11.4 Å². The molecule has 0 spiro atoms. The molecule has 0 amide bonds. The van der Waals surface area contributed by atoms with Crippen molar-refractivity contribution in [1.29, 1.82) is 0 Å². The quantitative estimate of drug-likeness (QED) is 0.122. The number of rotatable bonds is 6. The van der Waals surface area contributed by atoms with Gasteiger partial charge in [-0.1, -0.05) is 122 Å². The number of halogens is 6. The van der Waals surface area contributed by atoms with Crippen LogP contribution in [0.3, 0.4) is 0 Å². The molecule has 0 fully saturated rings. The molecule has 19 rings (SSSR count). The number of aromatic nitrogens is 10. The monoisotopic (exact) mass is 1670 g/mol. The van der Waals surface area contributed by atoms with E-state index >= 15 is 13.2 Å². The second-order valence-electron chi connectivity index (χ2n) is 30.6. The Bertz CT molecular complexity index is 6360. The SMILES string of the molecule is C.C.C[C@H]1c2oncc2C[C@@]2(C)c3nc(-c4ccnc5ccccc45)nc(-c4ccc(F)cc4F)c3CC[C@H]12.[3H][3H].[3H][3H].[3H][3H].[3H][3H].[3H][3H].[3H][3H].[3H][3H].[3H][3H].[3H][3H].[3H][3H].[3H][3H].[3H][3H].[3H][3H].[3H][3H].[3H][3H].[3H][3H].[3H][3H].[3H][3H].[3H][3H].[3H][3H].[3H][3H].[3H][3H].[3H][3H].[3H][3H].[3H][3H].[3H][3H].[C-]#[N+]C1=C(O)[C@H](C)[C@H]2CCc3c(-c4ccc(F)cc4F)nc(-c4ccnc5ccccc45)nc3[C@]2(C)C1.[C-]#[N+]C1=C[C@@]2(C)c3nc(-c4ccnc5ccccc45)nc(-c4ccc(F)cc4F)c3CC[C@@H]2[C@@H](C)C1=O. The summed E-state index contributed by atoms with van der Waals surface area (Å²) >= 11 is 0. The van der Waals surface area contributed by atoms with Crippen LogP contribution in [0.1, 0.15) is 210 Å². The lowest BCUT2D eigenvalue weighted by Gasteiger charge is -2.48. The third-order valence-corrected chi connectivity index (χ3v) is 24.4. The lowest BCUT2D eigenvalue weighted by molar-refractivity contribution is -0.121. The summed E-state index contributed by atoms with van der Waals surface area (Å²) in [4.78, 5) is 63.5. The number of benzene rings is 6. The molecule has 0 radical (unpaired) electrons. The van der Waals surface area contributed by atoms with Gasteiger partial charge in [0.1, 0.15) is 40.7 Å². The Hall–Kier alpha value is -12.5. The highest BCUT2D eigenvalue weighted by molar-refractivity contribution is 6.01. The first-order valence-corrected chi connectivity index (χ1v) is 37.1. The standard InChI is InChI=1S/2C30H24F2N4O.C30H22F2N4O.2CH4.26H2/c1-16-23-10-9-22-26(21-8-7-18(31)13-24(21)32)35-29(20-11-12-33-25-6-4-3-5-19(20)25)36-28(22)30(23,2)14-17-15-34-37-27(16)17;2*1-16-22-11-10-21-26(20-9-8-17(31)14-23(20)32)35-29(19-12-13-34-24-7-5-4-6-18(19)24)36-28(21)30(22,2)15-25(33-3)27(16)37;;;;;;;;;;;;;;;;;;;;;;;;;;;;/h3-8,11-13,15-16,23H,9-10,14H2,1-2H3;4-9,12-14,16,22,37H,10-11,15H2,1-2H3;4-9,12-16,22H,10-11H2,1-2H3;2*1H4;26*1H/t16-,23-,30-;2*16-,22-,30-;;;;;;;;;;;;;;;;;;;;;;;;;;;;/m111............................/s1/i;;;;;26*1+2T. The Morgan fingerprint density at radius 2 is 0.885 bits per heavy atom. The maximum absolute atomic E-state index is 15.2. The molecule has 7 aromatic heterocycles. The van der Waals surface area contributed by atoms with Crippen LogP contribution in [0.5, 0.6) is 0 Å². The lowest BCUT2D eigenvalue weighted by atomic mass is 9.56. The van der Waals surface area contributed by atoms with Gasteiger partial charge >= 0.3 is 0 Å². The number of hydrogen-bond donors (Lipinski definition) is 1. The van der Waals surface area contributed by atoms with Crippen molar-refractivity contribution in [2.45, 2.75) is 130 Å². The van der Waals surface area contributed by atoms with Gasteiger partial charge in [0, 0.05) is 220 Å². The van der Waals surface area contributed by atoms with Gasteiger partial charge in [-0.15, -0.1) is 0 Å². The summed E-state index contributed by atoms with van der Waals surface area (Å²) in [6, 6.07) is 39.5. The van der Waals surface area contributed by atoms with E-state index in [1.54, 1.807) is 30.9 Å². The molecule has 21 heteroatoms. The van der Waals surface area contributed by atoms with Crippen molar-refractivity contribution < 1.29 is 118 Å². The van der Waals surface area contributed by atoms with Gasteiger partial charge in [0.25, 0.3) is 0 Å². The maximum Gasteiger partial charge on any atom is 0.226 e. The fourth-order valence-electron chi connectivity index (χ4n) is 19.0. The number of pyridine rings is 3. The number of aliphatic hydroxyl groups is 1. The molecular formula is C92H130F6N12O3. The molecule has 0 bridgehead atoms. The van der Waals surface area contributed by atoms with E-state index in [9.17, 15) is 23.1 Å². The van der Waals surface area contributed by atoms with E-state index < -0.39 is 45.7 Å². The molecule has 0 saturated heterocycles. The largest absolute Gasteiger partial charge is 0.523 e. The van der Waals surface area contributed by atoms with Crippen molar-refractivity contribution in [3.05, 3.63) is 296 Å². The van der Waals surface area contributed by atoms with Crippen molar-refractivity contribution in [1.82, 2.24) is 50.0 Å². The van der Waals surface area contributed by atoms with Gasteiger partial charge in [0.05, 0.1) is 75.8 Å². The van der Waals surface area contributed by atoms with Crippen LogP contribution in [-0.4, -0.2) is 60.9 Å². The van der Waals surface area contributed by atoms with Crippen LogP contribution in [0.25, 0.3) is 110 Å². The summed E-state index contributed by atoms with van der Waals surface area (Å²) in [5.74, 6) is -1.79. The van der Waals surface area contributed by atoms with Crippen LogP contribution in [-0.2, 0) is 46.7 Å². The average Bonchev–Trinajstić information content (AvgIpc) is 1.17. The zero-order valence-corrected chi connectivity index (χ0v) is 61.3. The van der Waals surface area contributed by atoms with Crippen LogP contribution in [0, 0.1) is 77.6 Å². The fraction of sp³-hybridized carbons (Fsp3) is 0.272. The van der Waals surface area contributed by atoms with Crippen molar-refractivity contribution >= 4 is 38.5 Å². The number of ketones is 1. The van der Waals surface area contributed by atoms with Gasteiger partial charge < -0.3 is 14.4 Å². The fourth-order valence-corrected chi connectivity index (χ4v) is 19.0. The highest BCUT2D eigenvalue weighted by atomic mass is 19.2. The number of nitrogens with zero attached hydrogens (tertiary/aromatic N) is 12. The molecule has 6 aliphatic rings. The van der Waals surface area contributed by atoms with Gasteiger partial charge in [-0.05, 0) is 142 Å². The number of aliphatic hydroxyl groups excluding tert-OH is 1. The Labute approximate surface area is 730 Å². The predicted molar refractivity (Wildman–Crippen MR) is 478 cm³/mol. The van der Waals surface area contributed by atoms with E-state index in [1.165, 1.54) is 36.4 Å². The Kier molecular flexibility index (Phi) is 13.1. The number of carbonyl (C=O) groups is 1. The molecule has 6 aliphatic carbocycles. The summed E-state index contributed by atoms with van der Waals surface area (Å²) < 4.78 is 353. The summed E-state index contributed by atoms with van der Waals surface area (Å²) in [7, 11) is 0. The summed E-state index contributed by atoms with van der Waals surface area (Å²) in [6.07, 6.45) is 13.8. The molecular weight excluding hydrogens is 1440 g/mol. The molecule has 15 nitrogen and oxygen atoms in total. The normalized spacial score (nSPS) is 24.1. The first kappa shape index (κ1) is 50.4. The molecule has 7 heterocycles. The van der Waals surface area contributed by atoms with Crippen molar-refractivity contribution in [2.24, 2.45) is 29.6 Å². The number of para-hydroxylation sites is 3. The van der Waals surface area contributed by atoms with E-state index in [1.807, 2.05) is 112 Å². The molecule has 0 saturated carbocycles. The molecule has 113 heavy (non-hydrogen) atoms. The van der Waals surface area contributed by atoms with E-state index in [-0.39, 0.29) is 89.7 Å². The summed E-state index contributed by atoms with van der Waals surface area (Å²) in [6.45, 7) is 27.6. The Balaban J connectivity index is -0.000000176. The molecule has 6 aromatic carbocycles. The second kappa shape index (κ2) is 29.3. The first-order valence-electron chi connectivity index (χ1n) is 63.1. The molecule has 618 valence electrons. The minimum atomic E-state index is -0.730. The van der Waals surface area contributed by atoms with Crippen LogP contribution >= 0.6 is 0 Å². The van der Waals surface area contributed by atoms with E-state index in [2.05, 4.69) is 50.6 Å².